The van der Waals surface area contributed by atoms with E-state index in [-0.39, 0.29) is 17.3 Å². The molecule has 2 aliphatic rings. The molecule has 1 saturated heterocycles. The minimum Gasteiger partial charge on any atom is -0.497 e. The lowest BCUT2D eigenvalue weighted by molar-refractivity contribution is 0.0368. The summed E-state index contributed by atoms with van der Waals surface area (Å²) in [5.74, 6) is 0.671. The fourth-order valence-electron chi connectivity index (χ4n) is 4.75. The van der Waals surface area contributed by atoms with Crippen molar-refractivity contribution in [2.75, 3.05) is 46.6 Å². The van der Waals surface area contributed by atoms with Gasteiger partial charge < -0.3 is 14.2 Å². The summed E-state index contributed by atoms with van der Waals surface area (Å²) in [6.45, 7) is 7.04. The number of ketones is 1. The van der Waals surface area contributed by atoms with E-state index in [0.29, 0.717) is 35.7 Å². The number of benzene rings is 2. The van der Waals surface area contributed by atoms with Gasteiger partial charge in [-0.25, -0.2) is 4.39 Å². The number of Topliss-reactive ketones (excluding diaryl/α,β-unsaturated/α-hetero) is 1. The van der Waals surface area contributed by atoms with Crippen molar-refractivity contribution in [3.8, 4) is 11.5 Å². The van der Waals surface area contributed by atoms with Gasteiger partial charge in [0.1, 0.15) is 17.3 Å². The van der Waals surface area contributed by atoms with Crippen LogP contribution >= 0.6 is 0 Å². The first-order valence-corrected chi connectivity index (χ1v) is 12.3. The number of carbonyl (C=O) groups excluding carboxylic acids is 1. The third-order valence-electron chi connectivity index (χ3n) is 6.58. The highest BCUT2D eigenvalue weighted by Crippen LogP contribution is 2.37. The number of ether oxygens (including phenoxy) is 3. The summed E-state index contributed by atoms with van der Waals surface area (Å²) in [4.78, 5) is 16.1. The molecule has 0 bridgehead atoms. The summed E-state index contributed by atoms with van der Waals surface area (Å²) in [6, 6.07) is 10.4. The molecular weight excluding hydrogens is 433 g/mol. The molecule has 2 aromatic rings. The van der Waals surface area contributed by atoms with Crippen molar-refractivity contribution in [2.45, 2.75) is 32.6 Å². The van der Waals surface area contributed by atoms with E-state index in [1.165, 1.54) is 6.07 Å². The predicted molar refractivity (Wildman–Crippen MR) is 131 cm³/mol. The zero-order valence-corrected chi connectivity index (χ0v) is 20.1. The van der Waals surface area contributed by atoms with Crippen LogP contribution in [0, 0.1) is 11.7 Å². The molecule has 1 fully saturated rings. The van der Waals surface area contributed by atoms with Gasteiger partial charge in [-0.1, -0.05) is 25.1 Å². The molecule has 6 heteroatoms. The summed E-state index contributed by atoms with van der Waals surface area (Å²) in [5.41, 5.74) is 2.15. The first-order valence-electron chi connectivity index (χ1n) is 12.3. The SMILES string of the molecule is CCCOc1ccc(F)c2c1CC(CCCN1CCOCC1)C=C(c1ccc(OC)cc1)C2=O. The lowest BCUT2D eigenvalue weighted by Gasteiger charge is -2.27. The summed E-state index contributed by atoms with van der Waals surface area (Å²) < 4.78 is 31.8. The fraction of sp³-hybridized carbons (Fsp3) is 0.464. The first kappa shape index (κ1) is 24.4. The largest absolute Gasteiger partial charge is 0.497 e. The lowest BCUT2D eigenvalue weighted by Crippen LogP contribution is -2.36. The molecule has 182 valence electrons. The van der Waals surface area contributed by atoms with Crippen LogP contribution in [0.25, 0.3) is 5.57 Å². The van der Waals surface area contributed by atoms with Crippen LogP contribution in [-0.2, 0) is 11.2 Å². The highest BCUT2D eigenvalue weighted by Gasteiger charge is 2.30. The number of hydrogen-bond donors (Lipinski definition) is 0. The molecule has 1 aliphatic carbocycles. The molecule has 1 atom stereocenters. The number of hydrogen-bond acceptors (Lipinski definition) is 5. The van der Waals surface area contributed by atoms with E-state index in [4.69, 9.17) is 14.2 Å². The quantitative estimate of drug-likeness (QED) is 0.509. The van der Waals surface area contributed by atoms with Crippen molar-refractivity contribution in [3.05, 3.63) is 65.0 Å². The van der Waals surface area contributed by atoms with E-state index in [1.54, 1.807) is 13.2 Å². The third-order valence-corrected chi connectivity index (χ3v) is 6.58. The third kappa shape index (κ3) is 5.68. The van der Waals surface area contributed by atoms with Crippen molar-refractivity contribution in [2.24, 2.45) is 5.92 Å². The van der Waals surface area contributed by atoms with Crippen LogP contribution in [0.15, 0.2) is 42.5 Å². The molecule has 0 amide bonds. The van der Waals surface area contributed by atoms with Gasteiger partial charge in [-0.15, -0.1) is 0 Å². The smallest absolute Gasteiger partial charge is 0.196 e. The van der Waals surface area contributed by atoms with E-state index in [1.807, 2.05) is 37.3 Å². The average Bonchev–Trinajstić information content (AvgIpc) is 3.01. The maximum Gasteiger partial charge on any atom is 0.196 e. The predicted octanol–water partition coefficient (Wildman–Crippen LogP) is 5.17. The Morgan fingerprint density at radius 1 is 1.12 bits per heavy atom. The van der Waals surface area contributed by atoms with Gasteiger partial charge in [-0.3, -0.25) is 9.69 Å². The molecule has 34 heavy (non-hydrogen) atoms. The van der Waals surface area contributed by atoms with Crippen LogP contribution in [0.1, 0.15) is 47.7 Å². The Morgan fingerprint density at radius 2 is 1.88 bits per heavy atom. The van der Waals surface area contributed by atoms with Crippen molar-refractivity contribution in [1.82, 2.24) is 4.90 Å². The number of methoxy groups -OCH3 is 1. The normalized spacial score (nSPS) is 18.7. The Labute approximate surface area is 201 Å². The number of nitrogens with zero attached hydrogens (tertiary/aromatic N) is 1. The van der Waals surface area contributed by atoms with E-state index < -0.39 is 5.82 Å². The number of rotatable bonds is 9. The monoisotopic (exact) mass is 467 g/mol. The minimum absolute atomic E-state index is 0.106. The Bertz CT molecular complexity index is 1010. The minimum atomic E-state index is -0.489. The summed E-state index contributed by atoms with van der Waals surface area (Å²) in [7, 11) is 1.61. The Hall–Kier alpha value is -2.70. The fourth-order valence-corrected chi connectivity index (χ4v) is 4.75. The molecule has 4 rings (SSSR count). The number of carbonyl (C=O) groups is 1. The molecule has 1 aliphatic heterocycles. The van der Waals surface area contributed by atoms with Crippen molar-refractivity contribution in [3.63, 3.8) is 0 Å². The molecule has 0 spiro atoms. The molecule has 1 unspecified atom stereocenters. The number of morpholine rings is 1. The van der Waals surface area contributed by atoms with E-state index in [2.05, 4.69) is 4.90 Å². The van der Waals surface area contributed by atoms with Gasteiger partial charge in [-0.05, 0) is 68.0 Å². The Balaban J connectivity index is 1.66. The Morgan fingerprint density at radius 3 is 2.59 bits per heavy atom. The van der Waals surface area contributed by atoms with E-state index in [0.717, 1.165) is 57.7 Å². The van der Waals surface area contributed by atoms with Crippen molar-refractivity contribution in [1.29, 1.82) is 0 Å². The highest BCUT2D eigenvalue weighted by atomic mass is 19.1. The van der Waals surface area contributed by atoms with Crippen molar-refractivity contribution >= 4 is 11.4 Å². The number of fused-ring (bicyclic) bond motifs is 1. The molecule has 5 nitrogen and oxygen atoms in total. The van der Waals surface area contributed by atoms with Crippen LogP contribution in [0.4, 0.5) is 4.39 Å². The van der Waals surface area contributed by atoms with E-state index in [9.17, 15) is 4.79 Å². The molecule has 1 heterocycles. The molecule has 2 aromatic carbocycles. The second-order valence-corrected chi connectivity index (χ2v) is 8.95. The summed E-state index contributed by atoms with van der Waals surface area (Å²) >= 11 is 0. The van der Waals surface area contributed by atoms with Crippen LogP contribution in [0.3, 0.4) is 0 Å². The second kappa shape index (κ2) is 11.6. The van der Waals surface area contributed by atoms with Gasteiger partial charge in [0.2, 0.25) is 0 Å². The molecule has 0 radical (unpaired) electrons. The van der Waals surface area contributed by atoms with Gasteiger partial charge in [0.25, 0.3) is 0 Å². The van der Waals surface area contributed by atoms with Crippen LogP contribution in [-0.4, -0.2) is 57.2 Å². The zero-order chi connectivity index (χ0) is 23.9. The first-order chi connectivity index (χ1) is 16.6. The second-order valence-electron chi connectivity index (χ2n) is 8.95. The molecule has 0 saturated carbocycles. The standard InChI is InChI=1S/C28H34FNO4/c1-3-15-34-26-11-10-25(29)27-24(26)19-20(5-4-12-30-13-16-33-17-14-30)18-23(28(27)31)21-6-8-22(32-2)9-7-21/h6-11,18,20H,3-5,12-17,19H2,1-2H3. The number of halogens is 1. The maximum absolute atomic E-state index is 15.1. The Kier molecular flexibility index (Phi) is 8.35. The highest BCUT2D eigenvalue weighted by molar-refractivity contribution is 6.30. The number of allylic oxidation sites excluding steroid dienone is 2. The average molecular weight is 468 g/mol. The maximum atomic E-state index is 15.1. The molecular formula is C28H34FNO4. The lowest BCUT2D eigenvalue weighted by atomic mass is 9.92. The van der Waals surface area contributed by atoms with Gasteiger partial charge in [0, 0.05) is 24.2 Å². The van der Waals surface area contributed by atoms with Crippen molar-refractivity contribution < 1.29 is 23.4 Å². The topological polar surface area (TPSA) is 48.0 Å². The van der Waals surface area contributed by atoms with Crippen LogP contribution < -0.4 is 9.47 Å². The molecule has 0 aromatic heterocycles. The van der Waals surface area contributed by atoms with Gasteiger partial charge >= 0.3 is 0 Å². The summed E-state index contributed by atoms with van der Waals surface area (Å²) in [6.07, 6.45) is 5.39. The molecule has 0 N–H and O–H groups in total. The van der Waals surface area contributed by atoms with Crippen LogP contribution in [0.5, 0.6) is 11.5 Å². The van der Waals surface area contributed by atoms with Gasteiger partial charge in [0.05, 0.1) is 32.5 Å². The van der Waals surface area contributed by atoms with Crippen LogP contribution in [0.2, 0.25) is 0 Å². The van der Waals surface area contributed by atoms with Gasteiger partial charge in [-0.2, -0.15) is 0 Å². The zero-order valence-electron chi connectivity index (χ0n) is 20.1. The van der Waals surface area contributed by atoms with E-state index >= 15 is 4.39 Å². The summed E-state index contributed by atoms with van der Waals surface area (Å²) in [5, 5.41) is 0. The van der Waals surface area contributed by atoms with Gasteiger partial charge in [0.15, 0.2) is 5.78 Å².